The Hall–Kier alpha value is -1.49. The summed E-state index contributed by atoms with van der Waals surface area (Å²) in [5.41, 5.74) is 0.739. The maximum atomic E-state index is 11.9. The van der Waals surface area contributed by atoms with E-state index < -0.39 is 20.0 Å². The predicted molar refractivity (Wildman–Crippen MR) is 95.8 cm³/mol. The van der Waals surface area contributed by atoms with Gasteiger partial charge in [-0.15, -0.1) is 0 Å². The van der Waals surface area contributed by atoms with Gasteiger partial charge in [0.05, 0.1) is 17.7 Å². The fourth-order valence-electron chi connectivity index (χ4n) is 2.04. The Morgan fingerprint density at radius 2 is 1.76 bits per heavy atom. The molecule has 1 rings (SSSR count). The van der Waals surface area contributed by atoms with Crippen molar-refractivity contribution in [1.29, 1.82) is 0 Å². The molecule has 142 valence electrons. The highest BCUT2D eigenvalue weighted by Crippen LogP contribution is 2.10. The van der Waals surface area contributed by atoms with Crippen LogP contribution >= 0.6 is 0 Å². The number of hydrogen-bond acceptors (Lipinski definition) is 5. The standard InChI is InChI=1S/C15H25N3O5S2/c1-4-12(2)17-15(19)11-18(24(3,20)21)10-9-13-5-7-14(8-6-13)25(16,22)23/h5-8,12H,4,9-11H2,1-3H3,(H,17,19)(H2,16,22,23). The summed E-state index contributed by atoms with van der Waals surface area (Å²) < 4.78 is 47.3. The number of nitrogens with one attached hydrogen (secondary N) is 1. The first-order valence-corrected chi connectivity index (χ1v) is 11.2. The van der Waals surface area contributed by atoms with E-state index in [4.69, 9.17) is 5.14 Å². The number of carbonyl (C=O) groups is 1. The highest BCUT2D eigenvalue weighted by atomic mass is 32.2. The van der Waals surface area contributed by atoms with E-state index in [1.165, 1.54) is 12.1 Å². The van der Waals surface area contributed by atoms with Crippen LogP contribution in [0.3, 0.4) is 0 Å². The molecular weight excluding hydrogens is 366 g/mol. The molecule has 10 heteroatoms. The Kier molecular flexibility index (Phi) is 7.54. The van der Waals surface area contributed by atoms with Crippen molar-refractivity contribution in [3.63, 3.8) is 0 Å². The van der Waals surface area contributed by atoms with Gasteiger partial charge in [0.15, 0.2) is 0 Å². The van der Waals surface area contributed by atoms with Crippen molar-refractivity contribution in [1.82, 2.24) is 9.62 Å². The molecule has 0 bridgehead atoms. The van der Waals surface area contributed by atoms with Crippen LogP contribution in [0.5, 0.6) is 0 Å². The number of nitrogens with zero attached hydrogens (tertiary/aromatic N) is 1. The van der Waals surface area contributed by atoms with Gasteiger partial charge < -0.3 is 5.32 Å². The second kappa shape index (κ2) is 8.75. The number of benzene rings is 1. The van der Waals surface area contributed by atoms with Gasteiger partial charge in [-0.2, -0.15) is 4.31 Å². The molecular formula is C15H25N3O5S2. The minimum absolute atomic E-state index is 0.0100. The molecule has 1 unspecified atom stereocenters. The third-order valence-electron chi connectivity index (χ3n) is 3.71. The zero-order valence-electron chi connectivity index (χ0n) is 14.6. The highest BCUT2D eigenvalue weighted by Gasteiger charge is 2.20. The van der Waals surface area contributed by atoms with Crippen LogP contribution in [0.25, 0.3) is 0 Å². The average Bonchev–Trinajstić information content (AvgIpc) is 2.49. The topological polar surface area (TPSA) is 127 Å². The molecule has 0 aliphatic rings. The first kappa shape index (κ1) is 21.6. The van der Waals surface area contributed by atoms with E-state index >= 15 is 0 Å². The van der Waals surface area contributed by atoms with Crippen molar-refractivity contribution in [2.75, 3.05) is 19.3 Å². The summed E-state index contributed by atoms with van der Waals surface area (Å²) in [6.45, 7) is 3.63. The van der Waals surface area contributed by atoms with Crippen molar-refractivity contribution in [3.05, 3.63) is 29.8 Å². The number of hydrogen-bond donors (Lipinski definition) is 2. The van der Waals surface area contributed by atoms with E-state index in [0.29, 0.717) is 6.42 Å². The molecule has 25 heavy (non-hydrogen) atoms. The van der Waals surface area contributed by atoms with Gasteiger partial charge >= 0.3 is 0 Å². The second-order valence-electron chi connectivity index (χ2n) is 5.91. The van der Waals surface area contributed by atoms with Crippen LogP contribution in [0.1, 0.15) is 25.8 Å². The predicted octanol–water partition coefficient (Wildman–Crippen LogP) is 0.0528. The molecule has 0 aliphatic carbocycles. The fraction of sp³-hybridized carbons (Fsp3) is 0.533. The summed E-state index contributed by atoms with van der Waals surface area (Å²) in [7, 11) is -7.31. The van der Waals surface area contributed by atoms with Gasteiger partial charge in [0.25, 0.3) is 0 Å². The summed E-state index contributed by atoms with van der Waals surface area (Å²) >= 11 is 0. The van der Waals surface area contributed by atoms with Crippen molar-refractivity contribution in [2.24, 2.45) is 5.14 Å². The molecule has 3 N–H and O–H groups in total. The summed E-state index contributed by atoms with van der Waals surface area (Å²) in [5, 5.41) is 7.76. The van der Waals surface area contributed by atoms with Gasteiger partial charge in [-0.1, -0.05) is 19.1 Å². The van der Waals surface area contributed by atoms with Crippen molar-refractivity contribution < 1.29 is 21.6 Å². The third-order valence-corrected chi connectivity index (χ3v) is 5.89. The summed E-state index contributed by atoms with van der Waals surface area (Å²) in [5.74, 6) is -0.357. The molecule has 0 saturated heterocycles. The molecule has 0 fully saturated rings. The van der Waals surface area contributed by atoms with Gasteiger partial charge in [-0.3, -0.25) is 4.79 Å². The van der Waals surface area contributed by atoms with Crippen molar-refractivity contribution in [3.8, 4) is 0 Å². The third kappa shape index (κ3) is 7.51. The monoisotopic (exact) mass is 391 g/mol. The normalized spacial score (nSPS) is 13.6. The summed E-state index contributed by atoms with van der Waals surface area (Å²) in [6, 6.07) is 5.84. The molecule has 0 aromatic heterocycles. The Morgan fingerprint density at radius 1 is 1.20 bits per heavy atom. The largest absolute Gasteiger partial charge is 0.353 e. The van der Waals surface area contributed by atoms with Crippen LogP contribution in [-0.2, 0) is 31.3 Å². The Labute approximate surface area is 149 Å². The number of carbonyl (C=O) groups excluding carboxylic acids is 1. The van der Waals surface area contributed by atoms with E-state index in [1.807, 2.05) is 13.8 Å². The SMILES string of the molecule is CCC(C)NC(=O)CN(CCc1ccc(S(N)(=O)=O)cc1)S(C)(=O)=O. The van der Waals surface area contributed by atoms with E-state index in [0.717, 1.165) is 22.5 Å². The summed E-state index contributed by atoms with van der Waals surface area (Å²) in [6.07, 6.45) is 2.14. The lowest BCUT2D eigenvalue weighted by Gasteiger charge is -2.21. The lowest BCUT2D eigenvalue weighted by Crippen LogP contribution is -2.43. The van der Waals surface area contributed by atoms with Gasteiger partial charge in [-0.05, 0) is 37.5 Å². The minimum Gasteiger partial charge on any atom is -0.353 e. The van der Waals surface area contributed by atoms with Crippen LogP contribution in [0.4, 0.5) is 0 Å². The fourth-order valence-corrected chi connectivity index (χ4v) is 3.33. The van der Waals surface area contributed by atoms with Crippen molar-refractivity contribution >= 4 is 26.0 Å². The van der Waals surface area contributed by atoms with Gasteiger partial charge in [0.1, 0.15) is 0 Å². The van der Waals surface area contributed by atoms with Gasteiger partial charge in [-0.25, -0.2) is 22.0 Å². The van der Waals surface area contributed by atoms with Crippen LogP contribution in [0.2, 0.25) is 0 Å². The molecule has 1 aromatic carbocycles. The molecule has 1 amide bonds. The molecule has 0 heterocycles. The number of primary sulfonamides is 1. The zero-order valence-corrected chi connectivity index (χ0v) is 16.2. The molecule has 8 nitrogen and oxygen atoms in total. The van der Waals surface area contributed by atoms with Crippen LogP contribution in [0.15, 0.2) is 29.2 Å². The van der Waals surface area contributed by atoms with Crippen LogP contribution < -0.4 is 10.5 Å². The van der Waals surface area contributed by atoms with Gasteiger partial charge in [0, 0.05) is 12.6 Å². The smallest absolute Gasteiger partial charge is 0.238 e. The van der Waals surface area contributed by atoms with E-state index in [-0.39, 0.29) is 29.9 Å². The number of nitrogens with two attached hydrogens (primary N) is 1. The molecule has 1 atom stereocenters. The first-order valence-electron chi connectivity index (χ1n) is 7.79. The highest BCUT2D eigenvalue weighted by molar-refractivity contribution is 7.89. The number of sulfonamides is 2. The molecule has 0 radical (unpaired) electrons. The van der Waals surface area contributed by atoms with E-state index in [2.05, 4.69) is 5.32 Å². The molecule has 1 aromatic rings. The average molecular weight is 392 g/mol. The maximum absolute atomic E-state index is 11.9. The molecule has 0 spiro atoms. The zero-order chi connectivity index (χ0) is 19.3. The second-order valence-corrected chi connectivity index (χ2v) is 9.46. The molecule has 0 saturated carbocycles. The Bertz CT molecular complexity index is 789. The lowest BCUT2D eigenvalue weighted by molar-refractivity contribution is -0.121. The quantitative estimate of drug-likeness (QED) is 0.615. The van der Waals surface area contributed by atoms with Crippen molar-refractivity contribution in [2.45, 2.75) is 37.6 Å². The van der Waals surface area contributed by atoms with E-state index in [9.17, 15) is 21.6 Å². The maximum Gasteiger partial charge on any atom is 0.238 e. The number of amides is 1. The Balaban J connectivity index is 2.75. The van der Waals surface area contributed by atoms with E-state index in [1.54, 1.807) is 12.1 Å². The summed E-state index contributed by atoms with van der Waals surface area (Å²) in [4.78, 5) is 11.9. The minimum atomic E-state index is -3.76. The van der Waals surface area contributed by atoms with Crippen LogP contribution in [0, 0.1) is 0 Å². The first-order chi connectivity index (χ1) is 11.4. The van der Waals surface area contributed by atoms with Gasteiger partial charge in [0.2, 0.25) is 26.0 Å². The lowest BCUT2D eigenvalue weighted by atomic mass is 10.1. The Morgan fingerprint density at radius 3 is 2.20 bits per heavy atom. The number of rotatable bonds is 9. The molecule has 0 aliphatic heterocycles. The van der Waals surface area contributed by atoms with Crippen LogP contribution in [-0.4, -0.2) is 52.4 Å².